The number of likely N-dealkylation sites (N-methyl/N-ethyl adjacent to an activating group) is 1. The molecule has 0 saturated heterocycles. The van der Waals surface area contributed by atoms with E-state index < -0.39 is 0 Å². The molecule has 0 saturated carbocycles. The summed E-state index contributed by atoms with van der Waals surface area (Å²) in [6.07, 6.45) is 3.34. The minimum Gasteiger partial charge on any atom is -0.508 e. The average Bonchev–Trinajstić information content (AvgIpc) is 2.09. The maximum atomic E-state index is 9.38. The van der Waals surface area contributed by atoms with Crippen LogP contribution in [0.2, 0.25) is 0 Å². The minimum absolute atomic E-state index is 0.144. The molecule has 0 aliphatic heterocycles. The van der Waals surface area contributed by atoms with Gasteiger partial charge in [0.05, 0.1) is 5.56 Å². The van der Waals surface area contributed by atoms with Crippen LogP contribution >= 0.6 is 0 Å². The normalized spacial score (nSPS) is 10.9. The van der Waals surface area contributed by atoms with Crippen LogP contribution in [0, 0.1) is 0 Å². The summed E-state index contributed by atoms with van der Waals surface area (Å²) < 4.78 is 0. The summed E-state index contributed by atoms with van der Waals surface area (Å²) in [5, 5.41) is 30.7. The molecule has 0 amide bonds. The van der Waals surface area contributed by atoms with Gasteiger partial charge in [0.25, 0.3) is 0 Å². The predicted molar refractivity (Wildman–Crippen MR) is 54.4 cm³/mol. The van der Waals surface area contributed by atoms with Gasteiger partial charge >= 0.3 is 0 Å². The molecule has 14 heavy (non-hydrogen) atoms. The van der Waals surface area contributed by atoms with E-state index in [2.05, 4.69) is 5.32 Å². The molecule has 1 aromatic rings. The molecule has 4 nitrogen and oxygen atoms in total. The maximum Gasteiger partial charge on any atom is 0.130 e. The molecular weight excluding hydrogens is 182 g/mol. The number of nitrogens with one attached hydrogen (secondary N) is 1. The number of phenolic OH excluding ortho intramolecular Hbond substituents is 3. The summed E-state index contributed by atoms with van der Waals surface area (Å²) in [5.74, 6) is -0.449. The number of hydrogen-bond donors (Lipinski definition) is 4. The van der Waals surface area contributed by atoms with Crippen LogP contribution in [0.15, 0.2) is 18.2 Å². The third-order valence-corrected chi connectivity index (χ3v) is 1.73. The van der Waals surface area contributed by atoms with E-state index in [4.69, 9.17) is 5.11 Å². The van der Waals surface area contributed by atoms with Gasteiger partial charge in [-0.15, -0.1) is 0 Å². The first-order valence-corrected chi connectivity index (χ1v) is 4.21. The quantitative estimate of drug-likeness (QED) is 0.581. The van der Waals surface area contributed by atoms with Crippen LogP contribution in [0.3, 0.4) is 0 Å². The zero-order valence-corrected chi connectivity index (χ0v) is 7.86. The Morgan fingerprint density at radius 1 is 1.21 bits per heavy atom. The van der Waals surface area contributed by atoms with Gasteiger partial charge in [-0.1, -0.05) is 12.2 Å². The van der Waals surface area contributed by atoms with E-state index >= 15 is 0 Å². The van der Waals surface area contributed by atoms with Crippen LogP contribution in [0.4, 0.5) is 0 Å². The molecule has 0 spiro atoms. The summed E-state index contributed by atoms with van der Waals surface area (Å²) in [5.41, 5.74) is 0.304. The van der Waals surface area contributed by atoms with Crippen molar-refractivity contribution in [3.05, 3.63) is 23.8 Å². The zero-order valence-electron chi connectivity index (χ0n) is 7.86. The summed E-state index contributed by atoms with van der Waals surface area (Å²) in [6, 6.07) is 2.36. The first kappa shape index (κ1) is 10.4. The van der Waals surface area contributed by atoms with Crippen molar-refractivity contribution in [3.63, 3.8) is 0 Å². The first-order valence-electron chi connectivity index (χ1n) is 4.21. The molecule has 0 aliphatic rings. The van der Waals surface area contributed by atoms with E-state index in [9.17, 15) is 10.2 Å². The van der Waals surface area contributed by atoms with Crippen LogP contribution in [-0.4, -0.2) is 28.9 Å². The second-order valence-electron chi connectivity index (χ2n) is 2.86. The van der Waals surface area contributed by atoms with Crippen molar-refractivity contribution >= 4 is 6.08 Å². The van der Waals surface area contributed by atoms with Crippen molar-refractivity contribution in [1.82, 2.24) is 5.32 Å². The van der Waals surface area contributed by atoms with Crippen molar-refractivity contribution in [2.75, 3.05) is 13.6 Å². The molecule has 4 N–H and O–H groups in total. The highest BCUT2D eigenvalue weighted by molar-refractivity contribution is 5.65. The molecule has 1 aromatic carbocycles. The number of rotatable bonds is 3. The topological polar surface area (TPSA) is 72.7 Å². The number of phenols is 3. The molecule has 0 heterocycles. The molecule has 0 fully saturated rings. The Morgan fingerprint density at radius 2 is 1.79 bits per heavy atom. The highest BCUT2D eigenvalue weighted by Gasteiger charge is 2.05. The lowest BCUT2D eigenvalue weighted by Gasteiger charge is -2.03. The van der Waals surface area contributed by atoms with Gasteiger partial charge in [-0.05, 0) is 7.05 Å². The maximum absolute atomic E-state index is 9.38. The fourth-order valence-corrected chi connectivity index (χ4v) is 1.07. The SMILES string of the molecule is CNCC=Cc1c(O)cc(O)cc1O. The van der Waals surface area contributed by atoms with Gasteiger partial charge < -0.3 is 20.6 Å². The minimum atomic E-state index is -0.161. The number of hydrogen-bond acceptors (Lipinski definition) is 4. The predicted octanol–water partition coefficient (Wildman–Crippen LogP) is 1.04. The van der Waals surface area contributed by atoms with Crippen LogP contribution < -0.4 is 5.32 Å². The smallest absolute Gasteiger partial charge is 0.130 e. The molecule has 0 radical (unpaired) electrons. The Hall–Kier alpha value is -1.68. The third kappa shape index (κ3) is 2.40. The monoisotopic (exact) mass is 195 g/mol. The lowest BCUT2D eigenvalue weighted by Crippen LogP contribution is -2.03. The lowest BCUT2D eigenvalue weighted by molar-refractivity contribution is 0.426. The Kier molecular flexibility index (Phi) is 3.36. The molecule has 0 atom stereocenters. The van der Waals surface area contributed by atoms with Crippen molar-refractivity contribution in [3.8, 4) is 17.2 Å². The van der Waals surface area contributed by atoms with Crippen molar-refractivity contribution in [1.29, 1.82) is 0 Å². The second kappa shape index (κ2) is 4.53. The molecule has 0 bridgehead atoms. The Balaban J connectivity index is 2.96. The van der Waals surface area contributed by atoms with Crippen molar-refractivity contribution in [2.24, 2.45) is 0 Å². The van der Waals surface area contributed by atoms with E-state index in [1.165, 1.54) is 12.1 Å². The van der Waals surface area contributed by atoms with Gasteiger partial charge in [-0.3, -0.25) is 0 Å². The van der Waals surface area contributed by atoms with E-state index in [0.29, 0.717) is 12.1 Å². The van der Waals surface area contributed by atoms with Gasteiger partial charge in [0.2, 0.25) is 0 Å². The van der Waals surface area contributed by atoms with Gasteiger partial charge in [-0.25, -0.2) is 0 Å². The molecule has 0 unspecified atom stereocenters. The van der Waals surface area contributed by atoms with Crippen LogP contribution in [-0.2, 0) is 0 Å². The fraction of sp³-hybridized carbons (Fsp3) is 0.200. The summed E-state index contributed by atoms with van der Waals surface area (Å²) in [4.78, 5) is 0. The Morgan fingerprint density at radius 3 is 2.29 bits per heavy atom. The van der Waals surface area contributed by atoms with Crippen LogP contribution in [0.1, 0.15) is 5.56 Å². The molecule has 4 heteroatoms. The van der Waals surface area contributed by atoms with E-state index in [1.807, 2.05) is 0 Å². The van der Waals surface area contributed by atoms with Gasteiger partial charge in [-0.2, -0.15) is 0 Å². The van der Waals surface area contributed by atoms with Gasteiger partial charge in [0.15, 0.2) is 0 Å². The first-order chi connectivity index (χ1) is 6.65. The Labute approximate surface area is 82.1 Å². The van der Waals surface area contributed by atoms with E-state index in [1.54, 1.807) is 19.2 Å². The van der Waals surface area contributed by atoms with Crippen molar-refractivity contribution < 1.29 is 15.3 Å². The Bertz CT molecular complexity index is 324. The molecule has 76 valence electrons. The fourth-order valence-electron chi connectivity index (χ4n) is 1.07. The summed E-state index contributed by atoms with van der Waals surface area (Å²) in [7, 11) is 1.79. The summed E-state index contributed by atoms with van der Waals surface area (Å²) >= 11 is 0. The van der Waals surface area contributed by atoms with Crippen LogP contribution in [0.5, 0.6) is 17.2 Å². The number of benzene rings is 1. The van der Waals surface area contributed by atoms with Gasteiger partial charge in [0, 0.05) is 18.7 Å². The second-order valence-corrected chi connectivity index (χ2v) is 2.86. The highest BCUT2D eigenvalue weighted by Crippen LogP contribution is 2.32. The lowest BCUT2D eigenvalue weighted by atomic mass is 10.1. The highest BCUT2D eigenvalue weighted by atomic mass is 16.3. The average molecular weight is 195 g/mol. The van der Waals surface area contributed by atoms with E-state index in [-0.39, 0.29) is 17.2 Å². The van der Waals surface area contributed by atoms with Crippen molar-refractivity contribution in [2.45, 2.75) is 0 Å². The van der Waals surface area contributed by atoms with Gasteiger partial charge in [0.1, 0.15) is 17.2 Å². The number of aromatic hydroxyl groups is 3. The summed E-state index contributed by atoms with van der Waals surface area (Å²) in [6.45, 7) is 0.639. The zero-order chi connectivity index (χ0) is 10.6. The molecule has 0 aliphatic carbocycles. The largest absolute Gasteiger partial charge is 0.508 e. The molecular formula is C10H13NO3. The standard InChI is InChI=1S/C10H13NO3/c1-11-4-2-3-8-9(13)5-7(12)6-10(8)14/h2-3,5-6,11-14H,4H2,1H3. The van der Waals surface area contributed by atoms with E-state index in [0.717, 1.165) is 0 Å². The molecule has 1 rings (SSSR count). The molecule has 0 aromatic heterocycles. The van der Waals surface area contributed by atoms with Crippen LogP contribution in [0.25, 0.3) is 6.08 Å². The third-order valence-electron chi connectivity index (χ3n) is 1.73.